The Morgan fingerprint density at radius 3 is 2.88 bits per heavy atom. The van der Waals surface area contributed by atoms with Crippen molar-refractivity contribution in [2.75, 3.05) is 13.1 Å². The van der Waals surface area contributed by atoms with Gasteiger partial charge in [0.15, 0.2) is 11.4 Å². The molecule has 138 valence electrons. The molecule has 0 unspecified atom stereocenters. The molecule has 4 rings (SSSR count). The van der Waals surface area contributed by atoms with Gasteiger partial charge in [0.25, 0.3) is 5.89 Å². The highest BCUT2D eigenvalue weighted by molar-refractivity contribution is 7.93. The quantitative estimate of drug-likeness (QED) is 0.876. The number of fused-ring (bicyclic) bond motifs is 1. The van der Waals surface area contributed by atoms with E-state index in [0.29, 0.717) is 30.0 Å². The van der Waals surface area contributed by atoms with Crippen LogP contribution in [0, 0.1) is 0 Å². The van der Waals surface area contributed by atoms with Crippen molar-refractivity contribution in [3.8, 4) is 0 Å². The number of sulfonamides is 1. The molecule has 1 saturated heterocycles. The second-order valence-corrected chi connectivity index (χ2v) is 8.79. The van der Waals surface area contributed by atoms with Crippen molar-refractivity contribution in [2.45, 2.75) is 38.2 Å². The van der Waals surface area contributed by atoms with E-state index in [1.165, 1.54) is 4.31 Å². The summed E-state index contributed by atoms with van der Waals surface area (Å²) in [7, 11) is -3.64. The van der Waals surface area contributed by atoms with E-state index in [2.05, 4.69) is 10.1 Å². The van der Waals surface area contributed by atoms with Gasteiger partial charge in [0.2, 0.25) is 10.0 Å². The Hall–Kier alpha value is -2.03. The molecule has 0 saturated carbocycles. The zero-order chi connectivity index (χ0) is 18.4. The molecule has 2 aromatic rings. The van der Waals surface area contributed by atoms with E-state index in [-0.39, 0.29) is 25.4 Å². The molecule has 0 radical (unpaired) electrons. The molecule has 7 nitrogen and oxygen atoms in total. The third-order valence-corrected chi connectivity index (χ3v) is 7.05. The van der Waals surface area contributed by atoms with Crippen LogP contribution in [0.4, 0.5) is 0 Å². The highest BCUT2D eigenvalue weighted by Crippen LogP contribution is 2.36. The van der Waals surface area contributed by atoms with Gasteiger partial charge in [-0.2, -0.15) is 9.29 Å². The predicted molar refractivity (Wildman–Crippen MR) is 95.4 cm³/mol. The summed E-state index contributed by atoms with van der Waals surface area (Å²) in [6, 6.07) is 7.81. The van der Waals surface area contributed by atoms with E-state index in [1.807, 2.05) is 31.2 Å². The van der Waals surface area contributed by atoms with E-state index in [0.717, 1.165) is 11.1 Å². The number of β-amino-alcohol motifs (C(OH)–C–C–N with tert-alkyl or cyclic N) is 1. The van der Waals surface area contributed by atoms with Crippen LogP contribution in [0.5, 0.6) is 0 Å². The minimum atomic E-state index is -3.64. The fourth-order valence-corrected chi connectivity index (χ4v) is 5.18. The molecule has 1 aromatic heterocycles. The Morgan fingerprint density at radius 1 is 1.31 bits per heavy atom. The van der Waals surface area contributed by atoms with Crippen molar-refractivity contribution in [1.29, 1.82) is 0 Å². The Bertz CT molecular complexity index is 966. The van der Waals surface area contributed by atoms with Gasteiger partial charge in [0.05, 0.1) is 11.4 Å². The lowest BCUT2D eigenvalue weighted by atomic mass is 9.98. The largest absolute Gasteiger partial charge is 0.379 e. The lowest BCUT2D eigenvalue weighted by molar-refractivity contribution is 0.0194. The molecule has 1 fully saturated rings. The number of rotatable bonds is 4. The lowest BCUT2D eigenvalue weighted by Gasteiger charge is -2.23. The summed E-state index contributed by atoms with van der Waals surface area (Å²) in [4.78, 5) is 4.57. The molecule has 26 heavy (non-hydrogen) atoms. The van der Waals surface area contributed by atoms with Gasteiger partial charge >= 0.3 is 0 Å². The van der Waals surface area contributed by atoms with Crippen LogP contribution in [-0.2, 0) is 28.5 Å². The second-order valence-electron chi connectivity index (χ2n) is 6.80. The SMILES string of the molecule is CCc1noc([C@@]2(O)CCN(S(=O)(=O)C3=Cc4ccccc4CC3)C2)n1. The van der Waals surface area contributed by atoms with Crippen LogP contribution in [0.2, 0.25) is 0 Å². The average molecular weight is 375 g/mol. The molecule has 1 aliphatic heterocycles. The van der Waals surface area contributed by atoms with Crippen molar-refractivity contribution in [2.24, 2.45) is 0 Å². The molecule has 8 heteroatoms. The first-order chi connectivity index (χ1) is 12.4. The summed E-state index contributed by atoms with van der Waals surface area (Å²) >= 11 is 0. The first-order valence-electron chi connectivity index (χ1n) is 8.76. The van der Waals surface area contributed by atoms with Gasteiger partial charge in [-0.05, 0) is 30.0 Å². The molecule has 2 heterocycles. The topological polar surface area (TPSA) is 96.5 Å². The van der Waals surface area contributed by atoms with Crippen molar-refractivity contribution in [3.05, 3.63) is 52.0 Å². The number of nitrogens with zero attached hydrogens (tertiary/aromatic N) is 3. The maximum Gasteiger partial charge on any atom is 0.260 e. The lowest BCUT2D eigenvalue weighted by Crippen LogP contribution is -2.35. The number of hydrogen-bond donors (Lipinski definition) is 1. The van der Waals surface area contributed by atoms with Crippen molar-refractivity contribution >= 4 is 16.1 Å². The van der Waals surface area contributed by atoms with Crippen LogP contribution >= 0.6 is 0 Å². The minimum Gasteiger partial charge on any atom is -0.379 e. The highest BCUT2D eigenvalue weighted by atomic mass is 32.2. The van der Waals surface area contributed by atoms with Crippen LogP contribution in [-0.4, -0.2) is 41.1 Å². The summed E-state index contributed by atoms with van der Waals surface area (Å²) in [5, 5.41) is 14.6. The Balaban J connectivity index is 1.59. The van der Waals surface area contributed by atoms with Gasteiger partial charge in [-0.15, -0.1) is 0 Å². The molecular formula is C18H21N3O4S. The third kappa shape index (κ3) is 2.87. The number of aromatic nitrogens is 2. The highest BCUT2D eigenvalue weighted by Gasteiger charge is 2.47. The van der Waals surface area contributed by atoms with E-state index in [9.17, 15) is 13.5 Å². The maximum atomic E-state index is 13.1. The van der Waals surface area contributed by atoms with Crippen LogP contribution in [0.25, 0.3) is 6.08 Å². The van der Waals surface area contributed by atoms with Crippen LogP contribution < -0.4 is 0 Å². The maximum absolute atomic E-state index is 13.1. The monoisotopic (exact) mass is 375 g/mol. The van der Waals surface area contributed by atoms with Crippen LogP contribution in [0.1, 0.15) is 42.6 Å². The Kier molecular flexibility index (Phi) is 4.21. The number of allylic oxidation sites excluding steroid dienone is 1. The van der Waals surface area contributed by atoms with Crippen LogP contribution in [0.15, 0.2) is 33.7 Å². The summed E-state index contributed by atoms with van der Waals surface area (Å²) in [6.07, 6.45) is 3.74. The summed E-state index contributed by atoms with van der Waals surface area (Å²) in [6.45, 7) is 2.04. The zero-order valence-corrected chi connectivity index (χ0v) is 15.4. The van der Waals surface area contributed by atoms with Crippen molar-refractivity contribution < 1.29 is 18.0 Å². The van der Waals surface area contributed by atoms with Crippen molar-refractivity contribution in [3.63, 3.8) is 0 Å². The van der Waals surface area contributed by atoms with Gasteiger partial charge in [-0.25, -0.2) is 8.42 Å². The van der Waals surface area contributed by atoms with Crippen LogP contribution in [0.3, 0.4) is 0 Å². The molecular weight excluding hydrogens is 354 g/mol. The standard InChI is InChI=1S/C18H21N3O4S/c1-2-16-19-17(25-20-16)18(22)9-10-21(12-18)26(23,24)15-8-7-13-5-3-4-6-14(13)11-15/h3-6,11,22H,2,7-10,12H2,1H3/t18-/m1/s1. The first kappa shape index (κ1) is 17.4. The number of benzene rings is 1. The summed E-state index contributed by atoms with van der Waals surface area (Å²) in [5.41, 5.74) is 0.666. The third-order valence-electron chi connectivity index (χ3n) is 5.08. The number of aryl methyl sites for hydroxylation is 2. The smallest absolute Gasteiger partial charge is 0.260 e. The number of aliphatic hydroxyl groups is 1. The Labute approximate surface area is 152 Å². The van der Waals surface area contributed by atoms with Gasteiger partial charge in [0.1, 0.15) is 0 Å². The van der Waals surface area contributed by atoms with E-state index in [4.69, 9.17) is 4.52 Å². The van der Waals surface area contributed by atoms with Gasteiger partial charge in [0, 0.05) is 19.4 Å². The molecule has 1 atom stereocenters. The van der Waals surface area contributed by atoms with Gasteiger partial charge < -0.3 is 9.63 Å². The van der Waals surface area contributed by atoms with Crippen molar-refractivity contribution in [1.82, 2.24) is 14.4 Å². The second kappa shape index (κ2) is 6.29. The molecule has 0 bridgehead atoms. The molecule has 2 aliphatic rings. The summed E-state index contributed by atoms with van der Waals surface area (Å²) < 4.78 is 32.6. The molecule has 1 aliphatic carbocycles. The minimum absolute atomic E-state index is 0.0698. The van der Waals surface area contributed by atoms with E-state index in [1.54, 1.807) is 6.08 Å². The average Bonchev–Trinajstić information content (AvgIpc) is 3.29. The predicted octanol–water partition coefficient (Wildman–Crippen LogP) is 1.84. The fraction of sp³-hybridized carbons (Fsp3) is 0.444. The zero-order valence-electron chi connectivity index (χ0n) is 14.6. The molecule has 0 amide bonds. The molecule has 1 aromatic carbocycles. The summed E-state index contributed by atoms with van der Waals surface area (Å²) in [5.74, 6) is 0.594. The van der Waals surface area contributed by atoms with E-state index < -0.39 is 15.6 Å². The van der Waals surface area contributed by atoms with E-state index >= 15 is 0 Å². The molecule has 0 spiro atoms. The Morgan fingerprint density at radius 2 is 2.12 bits per heavy atom. The van der Waals surface area contributed by atoms with Gasteiger partial charge in [-0.3, -0.25) is 0 Å². The first-order valence-corrected chi connectivity index (χ1v) is 10.2. The fourth-order valence-electron chi connectivity index (χ4n) is 3.50. The number of hydrogen-bond acceptors (Lipinski definition) is 6. The van der Waals surface area contributed by atoms with Gasteiger partial charge in [-0.1, -0.05) is 36.3 Å². The normalized spacial score (nSPS) is 23.7. The molecule has 1 N–H and O–H groups in total.